The van der Waals surface area contributed by atoms with Gasteiger partial charge in [0, 0.05) is 10.7 Å². The average Bonchev–Trinajstić information content (AvgIpc) is 2.44. The van der Waals surface area contributed by atoms with Crippen molar-refractivity contribution in [2.24, 2.45) is 0 Å². The van der Waals surface area contributed by atoms with E-state index in [4.69, 9.17) is 27.9 Å². The first kappa shape index (κ1) is 16.6. The van der Waals surface area contributed by atoms with E-state index < -0.39 is 11.7 Å². The van der Waals surface area contributed by atoms with Crippen LogP contribution in [0.1, 0.15) is 24.2 Å². The Morgan fingerprint density at radius 2 is 1.91 bits per heavy atom. The zero-order chi connectivity index (χ0) is 16.3. The topological polar surface area (TPSA) is 38.3 Å². The second-order valence-corrected chi connectivity index (χ2v) is 5.73. The van der Waals surface area contributed by atoms with Gasteiger partial charge < -0.3 is 10.1 Å². The highest BCUT2D eigenvalue weighted by atomic mass is 35.5. The van der Waals surface area contributed by atoms with E-state index >= 15 is 0 Å². The second-order valence-electron chi connectivity index (χ2n) is 4.89. The summed E-state index contributed by atoms with van der Waals surface area (Å²) in [6, 6.07) is 8.60. The zero-order valence-corrected chi connectivity index (χ0v) is 13.5. The number of benzene rings is 2. The largest absolute Gasteiger partial charge is 0.489 e. The molecule has 0 heterocycles. The molecule has 0 saturated carbocycles. The Kier molecular flexibility index (Phi) is 5.27. The number of halogens is 3. The van der Waals surface area contributed by atoms with Gasteiger partial charge in [-0.3, -0.25) is 4.79 Å². The van der Waals surface area contributed by atoms with Gasteiger partial charge in [0.05, 0.1) is 16.7 Å². The Hall–Kier alpha value is -1.78. The smallest absolute Gasteiger partial charge is 0.258 e. The Bertz CT molecular complexity index is 705. The molecule has 0 spiro atoms. The number of nitrogens with one attached hydrogen (secondary N) is 1. The van der Waals surface area contributed by atoms with Gasteiger partial charge in [-0.15, -0.1) is 0 Å². The monoisotopic (exact) mass is 341 g/mol. The van der Waals surface area contributed by atoms with E-state index in [1.54, 1.807) is 18.2 Å². The molecule has 0 bridgehead atoms. The zero-order valence-electron chi connectivity index (χ0n) is 12.0. The Morgan fingerprint density at radius 1 is 1.18 bits per heavy atom. The fourth-order valence-corrected chi connectivity index (χ4v) is 2.20. The molecule has 0 aliphatic heterocycles. The van der Waals surface area contributed by atoms with Gasteiger partial charge in [0.15, 0.2) is 0 Å². The Morgan fingerprint density at radius 3 is 2.55 bits per heavy atom. The maximum Gasteiger partial charge on any atom is 0.258 e. The summed E-state index contributed by atoms with van der Waals surface area (Å²) >= 11 is 11.9. The average molecular weight is 342 g/mol. The van der Waals surface area contributed by atoms with E-state index in [-0.39, 0.29) is 16.7 Å². The van der Waals surface area contributed by atoms with Crippen molar-refractivity contribution in [2.45, 2.75) is 20.0 Å². The van der Waals surface area contributed by atoms with Crippen LogP contribution in [0, 0.1) is 5.82 Å². The standard InChI is InChI=1S/C16H14Cl2FNO2/c1-9(2)22-15-6-4-11(8-13(15)18)20-16(21)12-7-10(17)3-5-14(12)19/h3-9H,1-2H3,(H,20,21). The van der Waals surface area contributed by atoms with E-state index in [0.29, 0.717) is 16.5 Å². The van der Waals surface area contributed by atoms with Crippen molar-refractivity contribution in [2.75, 3.05) is 5.32 Å². The van der Waals surface area contributed by atoms with Crippen LogP contribution in [0.15, 0.2) is 36.4 Å². The summed E-state index contributed by atoms with van der Waals surface area (Å²) in [5.41, 5.74) is 0.302. The van der Waals surface area contributed by atoms with Crippen LogP contribution in [0.3, 0.4) is 0 Å². The lowest BCUT2D eigenvalue weighted by Crippen LogP contribution is -2.14. The summed E-state index contributed by atoms with van der Waals surface area (Å²) < 4.78 is 19.1. The van der Waals surface area contributed by atoms with Gasteiger partial charge in [-0.05, 0) is 50.2 Å². The second kappa shape index (κ2) is 6.99. The minimum Gasteiger partial charge on any atom is -0.489 e. The van der Waals surface area contributed by atoms with Crippen molar-refractivity contribution in [1.82, 2.24) is 0 Å². The first-order valence-electron chi connectivity index (χ1n) is 6.59. The molecule has 22 heavy (non-hydrogen) atoms. The molecule has 0 aliphatic rings. The van der Waals surface area contributed by atoms with E-state index in [0.717, 1.165) is 6.07 Å². The quantitative estimate of drug-likeness (QED) is 0.832. The van der Waals surface area contributed by atoms with Crippen molar-refractivity contribution >= 4 is 34.8 Å². The van der Waals surface area contributed by atoms with Gasteiger partial charge >= 0.3 is 0 Å². The summed E-state index contributed by atoms with van der Waals surface area (Å²) in [7, 11) is 0. The fourth-order valence-electron chi connectivity index (χ4n) is 1.80. The van der Waals surface area contributed by atoms with Crippen molar-refractivity contribution in [1.29, 1.82) is 0 Å². The number of carbonyl (C=O) groups excluding carboxylic acids is 1. The van der Waals surface area contributed by atoms with Crippen molar-refractivity contribution in [3.63, 3.8) is 0 Å². The molecule has 2 aromatic carbocycles. The summed E-state index contributed by atoms with van der Waals surface area (Å²) in [4.78, 5) is 12.1. The van der Waals surface area contributed by atoms with Crippen LogP contribution in [0.5, 0.6) is 5.75 Å². The van der Waals surface area contributed by atoms with Gasteiger partial charge in [-0.1, -0.05) is 23.2 Å². The lowest BCUT2D eigenvalue weighted by atomic mass is 10.2. The maximum atomic E-state index is 13.6. The van der Waals surface area contributed by atoms with Gasteiger partial charge in [-0.25, -0.2) is 4.39 Å². The third kappa shape index (κ3) is 4.12. The molecule has 116 valence electrons. The van der Waals surface area contributed by atoms with E-state index in [2.05, 4.69) is 5.32 Å². The lowest BCUT2D eigenvalue weighted by molar-refractivity contribution is 0.102. The molecule has 0 aromatic heterocycles. The first-order valence-corrected chi connectivity index (χ1v) is 7.35. The Balaban J connectivity index is 2.18. The number of ether oxygens (including phenoxy) is 1. The third-order valence-corrected chi connectivity index (χ3v) is 3.26. The molecule has 0 saturated heterocycles. The molecule has 2 aromatic rings. The van der Waals surface area contributed by atoms with E-state index in [9.17, 15) is 9.18 Å². The normalized spacial score (nSPS) is 10.6. The summed E-state index contributed by atoms with van der Waals surface area (Å²) in [6.07, 6.45) is -0.0153. The maximum absolute atomic E-state index is 13.6. The van der Waals surface area contributed by atoms with Gasteiger partial charge in [0.1, 0.15) is 11.6 Å². The molecular formula is C16H14Cl2FNO2. The molecule has 0 atom stereocenters. The highest BCUT2D eigenvalue weighted by Gasteiger charge is 2.13. The number of anilines is 1. The molecule has 3 nitrogen and oxygen atoms in total. The van der Waals surface area contributed by atoms with E-state index in [1.807, 2.05) is 13.8 Å². The molecule has 1 N–H and O–H groups in total. The number of amides is 1. The highest BCUT2D eigenvalue weighted by molar-refractivity contribution is 6.32. The van der Waals surface area contributed by atoms with Gasteiger partial charge in [0.25, 0.3) is 5.91 Å². The first-order chi connectivity index (χ1) is 10.4. The number of hydrogen-bond donors (Lipinski definition) is 1. The molecule has 6 heteroatoms. The SMILES string of the molecule is CC(C)Oc1ccc(NC(=O)c2cc(Cl)ccc2F)cc1Cl. The molecule has 0 unspecified atom stereocenters. The van der Waals surface area contributed by atoms with Gasteiger partial charge in [0.2, 0.25) is 0 Å². The molecule has 1 amide bonds. The third-order valence-electron chi connectivity index (χ3n) is 2.73. The van der Waals surface area contributed by atoms with Crippen LogP contribution in [0.25, 0.3) is 0 Å². The predicted molar refractivity (Wildman–Crippen MR) is 86.6 cm³/mol. The number of carbonyl (C=O) groups is 1. The highest BCUT2D eigenvalue weighted by Crippen LogP contribution is 2.29. The fraction of sp³-hybridized carbons (Fsp3) is 0.188. The minimum absolute atomic E-state index is 0.0153. The van der Waals surface area contributed by atoms with Crippen LogP contribution >= 0.6 is 23.2 Å². The molecule has 2 rings (SSSR count). The van der Waals surface area contributed by atoms with Crippen LogP contribution in [-0.2, 0) is 0 Å². The van der Waals surface area contributed by atoms with Crippen LogP contribution in [0.4, 0.5) is 10.1 Å². The lowest BCUT2D eigenvalue weighted by Gasteiger charge is -2.13. The van der Waals surface area contributed by atoms with Crippen molar-refractivity contribution < 1.29 is 13.9 Å². The van der Waals surface area contributed by atoms with Crippen LogP contribution in [0.2, 0.25) is 10.0 Å². The molecule has 0 aliphatic carbocycles. The molecule has 0 radical (unpaired) electrons. The summed E-state index contributed by atoms with van der Waals surface area (Å²) in [5, 5.41) is 3.21. The summed E-state index contributed by atoms with van der Waals surface area (Å²) in [5.74, 6) is -0.732. The van der Waals surface area contributed by atoms with Crippen LogP contribution in [-0.4, -0.2) is 12.0 Å². The molecule has 0 fully saturated rings. The minimum atomic E-state index is -0.646. The van der Waals surface area contributed by atoms with Crippen molar-refractivity contribution in [3.05, 3.63) is 57.8 Å². The molecular weight excluding hydrogens is 328 g/mol. The number of rotatable bonds is 4. The number of hydrogen-bond acceptors (Lipinski definition) is 2. The van der Waals surface area contributed by atoms with Crippen molar-refractivity contribution in [3.8, 4) is 5.75 Å². The van der Waals surface area contributed by atoms with E-state index in [1.165, 1.54) is 12.1 Å². The van der Waals surface area contributed by atoms with Gasteiger partial charge in [-0.2, -0.15) is 0 Å². The summed E-state index contributed by atoms with van der Waals surface area (Å²) in [6.45, 7) is 3.77. The predicted octanol–water partition coefficient (Wildman–Crippen LogP) is 5.17. The van der Waals surface area contributed by atoms with Crippen LogP contribution < -0.4 is 10.1 Å². The Labute approximate surface area is 138 Å².